The number of aromatic nitrogens is 1. The Kier molecular flexibility index (Phi) is 7.45. The van der Waals surface area contributed by atoms with Crippen LogP contribution in [-0.4, -0.2) is 24.7 Å². The van der Waals surface area contributed by atoms with E-state index in [0.29, 0.717) is 26.8 Å². The summed E-state index contributed by atoms with van der Waals surface area (Å²) in [6.07, 6.45) is -4.39. The van der Waals surface area contributed by atoms with E-state index in [4.69, 9.17) is 4.74 Å². The average Bonchev–Trinajstić information content (AvgIpc) is 3.12. The maximum Gasteiger partial charge on any atom is 0.416 e. The molecular formula is C22H19F4NO3S2. The highest BCUT2D eigenvalue weighted by Crippen LogP contribution is 2.36. The summed E-state index contributed by atoms with van der Waals surface area (Å²) in [5.74, 6) is -0.336. The number of ether oxygens (including phenoxy) is 2. The number of benzene rings is 2. The molecular weight excluding hydrogens is 466 g/mol. The Morgan fingerprint density at radius 3 is 2.47 bits per heavy atom. The number of carbonyl (C=O) groups excluding carboxylic acids is 1. The van der Waals surface area contributed by atoms with Gasteiger partial charge >= 0.3 is 12.1 Å². The van der Waals surface area contributed by atoms with Crippen LogP contribution in [0.1, 0.15) is 21.7 Å². The number of halogens is 4. The lowest BCUT2D eigenvalue weighted by Crippen LogP contribution is -2.13. The fraction of sp³-hybridized carbons (Fsp3) is 0.273. The summed E-state index contributed by atoms with van der Waals surface area (Å²) in [4.78, 5) is 17.0. The number of aryl methyl sites for hydroxylation is 2. The second kappa shape index (κ2) is 9.91. The lowest BCUT2D eigenvalue weighted by atomic mass is 10.1. The fourth-order valence-corrected chi connectivity index (χ4v) is 4.96. The molecule has 0 unspecified atom stereocenters. The topological polar surface area (TPSA) is 48.4 Å². The van der Waals surface area contributed by atoms with Gasteiger partial charge in [0.1, 0.15) is 16.6 Å². The highest BCUT2D eigenvalue weighted by molar-refractivity contribution is 7.98. The molecule has 0 fully saturated rings. The lowest BCUT2D eigenvalue weighted by molar-refractivity contribution is -0.143. The van der Waals surface area contributed by atoms with Crippen molar-refractivity contribution in [3.05, 3.63) is 63.9 Å². The van der Waals surface area contributed by atoms with Crippen molar-refractivity contribution in [2.75, 3.05) is 13.7 Å². The first-order chi connectivity index (χ1) is 15.1. The molecule has 0 radical (unpaired) electrons. The SMILES string of the molecule is COC(=O)COc1cc(F)c(SCc2sc(-c3ccc(C(F)(F)F)cc3)nc2C)cc1C. The molecule has 0 bridgehead atoms. The van der Waals surface area contributed by atoms with E-state index in [1.165, 1.54) is 48.4 Å². The van der Waals surface area contributed by atoms with Gasteiger partial charge in [0.15, 0.2) is 6.61 Å². The van der Waals surface area contributed by atoms with Crippen LogP contribution in [0.25, 0.3) is 10.6 Å². The Hall–Kier alpha value is -2.59. The van der Waals surface area contributed by atoms with E-state index < -0.39 is 23.5 Å². The number of thiazole rings is 1. The van der Waals surface area contributed by atoms with Gasteiger partial charge in [0, 0.05) is 27.2 Å². The molecule has 2 aromatic carbocycles. The van der Waals surface area contributed by atoms with Crippen molar-refractivity contribution in [3.63, 3.8) is 0 Å². The Bertz CT molecular complexity index is 1110. The molecule has 0 aliphatic heterocycles. The van der Waals surface area contributed by atoms with Crippen LogP contribution in [0, 0.1) is 19.7 Å². The molecule has 1 aromatic heterocycles. The van der Waals surface area contributed by atoms with Gasteiger partial charge in [0.25, 0.3) is 0 Å². The Morgan fingerprint density at radius 2 is 1.84 bits per heavy atom. The maximum absolute atomic E-state index is 14.5. The van der Waals surface area contributed by atoms with Gasteiger partial charge in [0.05, 0.1) is 18.4 Å². The Morgan fingerprint density at radius 1 is 1.16 bits per heavy atom. The van der Waals surface area contributed by atoms with Crippen molar-refractivity contribution >= 4 is 29.1 Å². The maximum atomic E-state index is 14.5. The predicted octanol–water partition coefficient (Wildman–Crippen LogP) is 6.43. The highest BCUT2D eigenvalue weighted by Gasteiger charge is 2.30. The first-order valence-electron chi connectivity index (χ1n) is 9.35. The van der Waals surface area contributed by atoms with Gasteiger partial charge in [-0.2, -0.15) is 13.2 Å². The molecule has 0 N–H and O–H groups in total. The van der Waals surface area contributed by atoms with Gasteiger partial charge in [-0.05, 0) is 37.6 Å². The monoisotopic (exact) mass is 485 g/mol. The van der Waals surface area contributed by atoms with Crippen LogP contribution in [0.3, 0.4) is 0 Å². The van der Waals surface area contributed by atoms with Crippen LogP contribution in [0.2, 0.25) is 0 Å². The molecule has 0 saturated heterocycles. The van der Waals surface area contributed by atoms with Gasteiger partial charge in [-0.3, -0.25) is 0 Å². The van der Waals surface area contributed by atoms with Crippen molar-refractivity contribution < 1.29 is 31.8 Å². The summed E-state index contributed by atoms with van der Waals surface area (Å²) in [6, 6.07) is 7.72. The second-order valence-electron chi connectivity index (χ2n) is 6.80. The normalized spacial score (nSPS) is 11.5. The summed E-state index contributed by atoms with van der Waals surface area (Å²) in [7, 11) is 1.24. The van der Waals surface area contributed by atoms with Crippen LogP contribution in [0.5, 0.6) is 5.75 Å². The molecule has 170 valence electrons. The third-order valence-electron chi connectivity index (χ3n) is 4.51. The minimum absolute atomic E-state index is 0.260. The molecule has 4 nitrogen and oxygen atoms in total. The van der Waals surface area contributed by atoms with Crippen molar-refractivity contribution in [3.8, 4) is 16.3 Å². The number of hydrogen-bond donors (Lipinski definition) is 0. The van der Waals surface area contributed by atoms with Gasteiger partial charge in [0.2, 0.25) is 0 Å². The molecule has 0 saturated carbocycles. The van der Waals surface area contributed by atoms with E-state index in [9.17, 15) is 22.4 Å². The molecule has 0 amide bonds. The Balaban J connectivity index is 1.71. The number of alkyl halides is 3. The van der Waals surface area contributed by atoms with Crippen LogP contribution < -0.4 is 4.74 Å². The van der Waals surface area contributed by atoms with Gasteiger partial charge < -0.3 is 9.47 Å². The van der Waals surface area contributed by atoms with Crippen LogP contribution in [0.15, 0.2) is 41.3 Å². The number of rotatable bonds is 7. The van der Waals surface area contributed by atoms with E-state index in [2.05, 4.69) is 9.72 Å². The summed E-state index contributed by atoms with van der Waals surface area (Å²) >= 11 is 2.64. The molecule has 10 heteroatoms. The number of hydrogen-bond acceptors (Lipinski definition) is 6. The number of methoxy groups -OCH3 is 1. The summed E-state index contributed by atoms with van der Waals surface area (Å²) in [5, 5.41) is 0.607. The zero-order valence-corrected chi connectivity index (χ0v) is 19.0. The van der Waals surface area contributed by atoms with E-state index in [1.807, 2.05) is 6.92 Å². The zero-order valence-electron chi connectivity index (χ0n) is 17.4. The van der Waals surface area contributed by atoms with E-state index in [1.54, 1.807) is 13.0 Å². The molecule has 0 aliphatic carbocycles. The highest BCUT2D eigenvalue weighted by atomic mass is 32.2. The number of carbonyl (C=O) groups is 1. The Labute approximate surface area is 190 Å². The molecule has 32 heavy (non-hydrogen) atoms. The van der Waals surface area contributed by atoms with E-state index in [-0.39, 0.29) is 12.4 Å². The van der Waals surface area contributed by atoms with Crippen LogP contribution in [0.4, 0.5) is 17.6 Å². The molecule has 3 rings (SSSR count). The molecule has 0 aliphatic rings. The van der Waals surface area contributed by atoms with Gasteiger partial charge in [-0.15, -0.1) is 23.1 Å². The summed E-state index contributed by atoms with van der Waals surface area (Å²) < 4.78 is 62.6. The fourth-order valence-electron chi connectivity index (χ4n) is 2.73. The molecule has 0 spiro atoms. The zero-order chi connectivity index (χ0) is 23.5. The van der Waals surface area contributed by atoms with Gasteiger partial charge in [-0.25, -0.2) is 14.2 Å². The van der Waals surface area contributed by atoms with Crippen molar-refractivity contribution in [2.45, 2.75) is 30.7 Å². The van der Waals surface area contributed by atoms with Gasteiger partial charge in [-0.1, -0.05) is 12.1 Å². The van der Waals surface area contributed by atoms with Crippen LogP contribution in [-0.2, 0) is 21.5 Å². The number of thioether (sulfide) groups is 1. The first-order valence-corrected chi connectivity index (χ1v) is 11.1. The molecule has 0 atom stereocenters. The average molecular weight is 486 g/mol. The summed E-state index contributed by atoms with van der Waals surface area (Å²) in [5.41, 5.74) is 1.29. The summed E-state index contributed by atoms with van der Waals surface area (Å²) in [6.45, 7) is 3.25. The lowest BCUT2D eigenvalue weighted by Gasteiger charge is -2.11. The third kappa shape index (κ3) is 5.80. The van der Waals surface area contributed by atoms with E-state index in [0.717, 1.165) is 22.7 Å². The first kappa shape index (κ1) is 24.1. The molecule has 3 aromatic rings. The number of esters is 1. The largest absolute Gasteiger partial charge is 0.482 e. The third-order valence-corrected chi connectivity index (χ3v) is 6.96. The minimum Gasteiger partial charge on any atom is -0.482 e. The van der Waals surface area contributed by atoms with Crippen LogP contribution >= 0.6 is 23.1 Å². The minimum atomic E-state index is -4.39. The van der Waals surface area contributed by atoms with E-state index >= 15 is 0 Å². The second-order valence-corrected chi connectivity index (χ2v) is 8.91. The predicted molar refractivity (Wildman–Crippen MR) is 115 cm³/mol. The standard InChI is InChI=1S/C22H19F4NO3S2/c1-12-8-18(16(23)9-17(12)30-10-20(28)29-3)31-11-19-13(2)27-21(32-19)14-4-6-15(7-5-14)22(24,25)26/h4-9H,10-11H2,1-3H3. The van der Waals surface area contributed by atoms with Crippen molar-refractivity contribution in [1.82, 2.24) is 4.98 Å². The number of nitrogens with zero attached hydrogens (tertiary/aromatic N) is 1. The molecule has 1 heterocycles. The smallest absolute Gasteiger partial charge is 0.416 e. The van der Waals surface area contributed by atoms with Crippen molar-refractivity contribution in [2.24, 2.45) is 0 Å². The quantitative estimate of drug-likeness (QED) is 0.219. The van der Waals surface area contributed by atoms with Crippen molar-refractivity contribution in [1.29, 1.82) is 0 Å².